The van der Waals surface area contributed by atoms with Gasteiger partial charge < -0.3 is 9.64 Å². The van der Waals surface area contributed by atoms with Gasteiger partial charge in [0.15, 0.2) is 0 Å². The Morgan fingerprint density at radius 2 is 2.00 bits per heavy atom. The predicted octanol–water partition coefficient (Wildman–Crippen LogP) is 4.50. The standard InChI is InChI=1S/C24H31N3O2/c1-6-27-22-12-9-19(13-21(22)17(2)15-24(27,3)4)16-25-26-23(28)14-18-7-10-20(29-5)11-8-18/h7-13,16-17H,6,14-15H2,1-5H3,(H,26,28)/b25-16+/t17-/m1/s1. The zero-order chi connectivity index (χ0) is 21.0. The van der Waals surface area contributed by atoms with Crippen molar-refractivity contribution < 1.29 is 9.53 Å². The average Bonchev–Trinajstić information content (AvgIpc) is 2.68. The number of hydrazone groups is 1. The Balaban J connectivity index is 1.65. The molecule has 0 saturated carbocycles. The second-order valence-corrected chi connectivity index (χ2v) is 8.30. The number of fused-ring (bicyclic) bond motifs is 1. The summed E-state index contributed by atoms with van der Waals surface area (Å²) in [5.74, 6) is 1.12. The monoisotopic (exact) mass is 393 g/mol. The number of anilines is 1. The molecule has 1 heterocycles. The summed E-state index contributed by atoms with van der Waals surface area (Å²) >= 11 is 0. The average molecular weight is 394 g/mol. The summed E-state index contributed by atoms with van der Waals surface area (Å²) in [5.41, 5.74) is 7.35. The third kappa shape index (κ3) is 4.78. The van der Waals surface area contributed by atoms with Gasteiger partial charge in [-0.3, -0.25) is 4.79 Å². The molecule has 0 unspecified atom stereocenters. The lowest BCUT2D eigenvalue weighted by atomic mass is 9.79. The van der Waals surface area contributed by atoms with E-state index in [4.69, 9.17) is 4.74 Å². The van der Waals surface area contributed by atoms with Crippen molar-refractivity contribution in [2.24, 2.45) is 5.10 Å². The molecule has 29 heavy (non-hydrogen) atoms. The molecular weight excluding hydrogens is 362 g/mol. The topological polar surface area (TPSA) is 53.9 Å². The van der Waals surface area contributed by atoms with Crippen LogP contribution in [0, 0.1) is 0 Å². The van der Waals surface area contributed by atoms with Gasteiger partial charge in [-0.2, -0.15) is 5.10 Å². The van der Waals surface area contributed by atoms with Crippen LogP contribution in [0.3, 0.4) is 0 Å². The number of rotatable bonds is 6. The van der Waals surface area contributed by atoms with Gasteiger partial charge in [0.05, 0.1) is 19.7 Å². The third-order valence-corrected chi connectivity index (χ3v) is 5.65. The van der Waals surface area contributed by atoms with Crippen molar-refractivity contribution in [3.05, 3.63) is 59.2 Å². The van der Waals surface area contributed by atoms with E-state index in [0.717, 1.165) is 29.8 Å². The Bertz CT molecular complexity index is 887. The molecule has 0 fully saturated rings. The Morgan fingerprint density at radius 3 is 2.66 bits per heavy atom. The molecule has 1 N–H and O–H groups in total. The molecule has 3 rings (SSSR count). The van der Waals surface area contributed by atoms with Crippen LogP contribution in [0.2, 0.25) is 0 Å². The van der Waals surface area contributed by atoms with Crippen molar-refractivity contribution in [1.82, 2.24) is 5.43 Å². The normalized spacial score (nSPS) is 17.8. The molecule has 0 saturated heterocycles. The fraction of sp³-hybridized carbons (Fsp3) is 0.417. The van der Waals surface area contributed by atoms with E-state index < -0.39 is 0 Å². The number of benzene rings is 2. The molecule has 1 aliphatic heterocycles. The molecule has 1 amide bonds. The van der Waals surface area contributed by atoms with E-state index in [-0.39, 0.29) is 17.9 Å². The van der Waals surface area contributed by atoms with Gasteiger partial charge in [-0.15, -0.1) is 0 Å². The molecule has 5 heteroatoms. The maximum absolute atomic E-state index is 12.1. The largest absolute Gasteiger partial charge is 0.497 e. The van der Waals surface area contributed by atoms with Crippen molar-refractivity contribution >= 4 is 17.8 Å². The maximum Gasteiger partial charge on any atom is 0.244 e. The van der Waals surface area contributed by atoms with Crippen molar-refractivity contribution in [2.45, 2.75) is 52.0 Å². The second kappa shape index (κ2) is 8.68. The highest BCUT2D eigenvalue weighted by atomic mass is 16.5. The van der Waals surface area contributed by atoms with Crippen molar-refractivity contribution in [2.75, 3.05) is 18.6 Å². The molecule has 1 aliphatic rings. The van der Waals surface area contributed by atoms with Gasteiger partial charge in [0, 0.05) is 17.8 Å². The lowest BCUT2D eigenvalue weighted by molar-refractivity contribution is -0.120. The lowest BCUT2D eigenvalue weighted by Gasteiger charge is -2.47. The number of amides is 1. The Labute approximate surface area is 173 Å². The van der Waals surface area contributed by atoms with Crippen molar-refractivity contribution in [1.29, 1.82) is 0 Å². The minimum atomic E-state index is -0.142. The Morgan fingerprint density at radius 1 is 1.28 bits per heavy atom. The van der Waals surface area contributed by atoms with E-state index in [1.54, 1.807) is 13.3 Å². The van der Waals surface area contributed by atoms with Gasteiger partial charge in [-0.05, 0) is 74.1 Å². The lowest BCUT2D eigenvalue weighted by Crippen LogP contribution is -2.48. The summed E-state index contributed by atoms with van der Waals surface area (Å²) in [5, 5.41) is 4.15. The highest BCUT2D eigenvalue weighted by Gasteiger charge is 2.35. The first-order chi connectivity index (χ1) is 13.8. The summed E-state index contributed by atoms with van der Waals surface area (Å²) in [6.45, 7) is 10.1. The van der Waals surface area contributed by atoms with Crippen LogP contribution in [-0.2, 0) is 11.2 Å². The molecule has 2 aromatic rings. The van der Waals surface area contributed by atoms with E-state index in [1.807, 2.05) is 24.3 Å². The Hall–Kier alpha value is -2.82. The molecule has 0 radical (unpaired) electrons. The summed E-state index contributed by atoms with van der Waals surface area (Å²) in [6, 6.07) is 13.9. The SMILES string of the molecule is CCN1c2ccc(/C=N/NC(=O)Cc3ccc(OC)cc3)cc2[C@H](C)CC1(C)C. The van der Waals surface area contributed by atoms with Crippen molar-refractivity contribution in [3.63, 3.8) is 0 Å². The van der Waals surface area contributed by atoms with Crippen LogP contribution in [0.25, 0.3) is 0 Å². The van der Waals surface area contributed by atoms with Gasteiger partial charge in [0.2, 0.25) is 5.91 Å². The van der Waals surface area contributed by atoms with Crippen LogP contribution in [0.5, 0.6) is 5.75 Å². The molecule has 0 aliphatic carbocycles. The van der Waals surface area contributed by atoms with Gasteiger partial charge in [0.1, 0.15) is 5.75 Å². The number of hydrogen-bond acceptors (Lipinski definition) is 4. The fourth-order valence-corrected chi connectivity index (χ4v) is 4.33. The summed E-state index contributed by atoms with van der Waals surface area (Å²) in [4.78, 5) is 14.6. The van der Waals surface area contributed by atoms with E-state index >= 15 is 0 Å². The number of carbonyl (C=O) groups is 1. The molecule has 0 bridgehead atoms. The molecule has 0 aromatic heterocycles. The number of carbonyl (C=O) groups excluding carboxylic acids is 1. The number of hydrogen-bond donors (Lipinski definition) is 1. The Kier molecular flexibility index (Phi) is 6.26. The van der Waals surface area contributed by atoms with Crippen LogP contribution < -0.4 is 15.1 Å². The second-order valence-electron chi connectivity index (χ2n) is 8.30. The van der Waals surface area contributed by atoms with Crippen LogP contribution in [0.4, 0.5) is 5.69 Å². The van der Waals surface area contributed by atoms with Gasteiger partial charge in [-0.25, -0.2) is 5.43 Å². The van der Waals surface area contributed by atoms with E-state index in [9.17, 15) is 4.79 Å². The molecular formula is C24H31N3O2. The van der Waals surface area contributed by atoms with E-state index in [1.165, 1.54) is 11.3 Å². The highest BCUT2D eigenvalue weighted by molar-refractivity contribution is 5.84. The van der Waals surface area contributed by atoms with Crippen LogP contribution in [-0.4, -0.2) is 31.3 Å². The highest BCUT2D eigenvalue weighted by Crippen LogP contribution is 2.43. The molecule has 2 aromatic carbocycles. The summed E-state index contributed by atoms with van der Waals surface area (Å²) < 4.78 is 5.13. The van der Waals surface area contributed by atoms with Crippen LogP contribution >= 0.6 is 0 Å². The molecule has 5 nitrogen and oxygen atoms in total. The molecule has 0 spiro atoms. The minimum Gasteiger partial charge on any atom is -0.497 e. The quantitative estimate of drug-likeness (QED) is 0.581. The zero-order valence-electron chi connectivity index (χ0n) is 18.0. The smallest absolute Gasteiger partial charge is 0.244 e. The number of ether oxygens (including phenoxy) is 1. The molecule has 154 valence electrons. The number of nitrogens with zero attached hydrogens (tertiary/aromatic N) is 2. The first-order valence-electron chi connectivity index (χ1n) is 10.2. The minimum absolute atomic E-state index is 0.142. The maximum atomic E-state index is 12.1. The van der Waals surface area contributed by atoms with E-state index in [0.29, 0.717) is 5.92 Å². The van der Waals surface area contributed by atoms with Crippen LogP contribution in [0.1, 0.15) is 56.7 Å². The van der Waals surface area contributed by atoms with Crippen LogP contribution in [0.15, 0.2) is 47.6 Å². The van der Waals surface area contributed by atoms with Gasteiger partial charge >= 0.3 is 0 Å². The fourth-order valence-electron chi connectivity index (χ4n) is 4.33. The number of methoxy groups -OCH3 is 1. The van der Waals surface area contributed by atoms with Gasteiger partial charge in [0.25, 0.3) is 0 Å². The molecule has 1 atom stereocenters. The van der Waals surface area contributed by atoms with Gasteiger partial charge in [-0.1, -0.05) is 25.1 Å². The van der Waals surface area contributed by atoms with Crippen molar-refractivity contribution in [3.8, 4) is 5.75 Å². The first-order valence-corrected chi connectivity index (χ1v) is 10.2. The predicted molar refractivity (Wildman–Crippen MR) is 119 cm³/mol. The third-order valence-electron chi connectivity index (χ3n) is 5.65. The zero-order valence-corrected chi connectivity index (χ0v) is 18.0. The summed E-state index contributed by atoms with van der Waals surface area (Å²) in [6.07, 6.45) is 3.12. The number of nitrogens with one attached hydrogen (secondary N) is 1. The first kappa shape index (κ1) is 20.9. The summed E-state index contributed by atoms with van der Waals surface area (Å²) in [7, 11) is 1.62. The van der Waals surface area contributed by atoms with E-state index in [2.05, 4.69) is 61.3 Å².